The molecule has 328 valence electrons. The number of anilines is 4. The molecule has 3 aliphatic rings. The molecule has 0 radical (unpaired) electrons. The number of nitrogens with two attached hydrogens (primary N) is 3. The zero-order valence-electron chi connectivity index (χ0n) is 35.5. The van der Waals surface area contributed by atoms with Crippen LogP contribution in [-0.2, 0) is 30.7 Å². The van der Waals surface area contributed by atoms with Gasteiger partial charge in [0.05, 0.1) is 17.5 Å². The average molecular weight is 863 g/mol. The summed E-state index contributed by atoms with van der Waals surface area (Å²) in [6.07, 6.45) is 11.9. The summed E-state index contributed by atoms with van der Waals surface area (Å²) in [6, 6.07) is 12.1. The number of aromatic nitrogens is 9. The van der Waals surface area contributed by atoms with E-state index in [0.29, 0.717) is 90.1 Å². The Hall–Kier alpha value is -7.12. The van der Waals surface area contributed by atoms with Crippen molar-refractivity contribution in [2.24, 2.45) is 11.7 Å². The Morgan fingerprint density at radius 2 is 1.52 bits per heavy atom. The number of rotatable bonds is 12. The van der Waals surface area contributed by atoms with E-state index in [0.717, 1.165) is 81.8 Å². The van der Waals surface area contributed by atoms with Gasteiger partial charge in [0.1, 0.15) is 23.4 Å². The lowest BCUT2D eigenvalue weighted by molar-refractivity contribution is -0.131. The third-order valence-corrected chi connectivity index (χ3v) is 12.7. The minimum Gasteiger partial charge on any atom is -0.424 e. The van der Waals surface area contributed by atoms with E-state index in [4.69, 9.17) is 26.7 Å². The minimum absolute atomic E-state index is 0.0773. The molecule has 2 saturated heterocycles. The summed E-state index contributed by atoms with van der Waals surface area (Å²) in [5.41, 5.74) is 26.0. The van der Waals surface area contributed by atoms with Gasteiger partial charge in [0.2, 0.25) is 17.8 Å². The van der Waals surface area contributed by atoms with Crippen molar-refractivity contribution >= 4 is 57.6 Å². The largest absolute Gasteiger partial charge is 0.424 e. The fourth-order valence-corrected chi connectivity index (χ4v) is 9.14. The number of carbonyl (C=O) groups excluding carboxylic acids is 2. The quantitative estimate of drug-likeness (QED) is 0.149. The van der Waals surface area contributed by atoms with E-state index in [9.17, 15) is 9.59 Å². The van der Waals surface area contributed by atoms with Crippen LogP contribution < -0.4 is 27.0 Å². The summed E-state index contributed by atoms with van der Waals surface area (Å²) in [5, 5.41) is 5.62. The van der Waals surface area contributed by atoms with Gasteiger partial charge in [-0.25, -0.2) is 34.6 Å². The summed E-state index contributed by atoms with van der Waals surface area (Å²) in [6.45, 7) is 7.84. The first kappa shape index (κ1) is 40.9. The van der Waals surface area contributed by atoms with Crippen LogP contribution in [0, 0.1) is 5.92 Å². The fourth-order valence-electron chi connectivity index (χ4n) is 9.14. The Kier molecular flexibility index (Phi) is 11.2. The third kappa shape index (κ3) is 8.38. The standard InChI is InChI=1S/C45H50N16O3/c46-21-29-22-49-44(50-23-29)60-16-14-58(15-17-60)37(62)2-1-9-57-10-12-59(13-11-57)45-51-24-34(25-52-45)40(63)33-6-5-30-18-28(3-4-31(30)19-33)26-61-42-38(41(47)53-27-54-42)39(56-61)32-7-8-36-35(20-32)55-43(48)64-36/h3-4,7-8,18,20,22-25,27,33H,1-2,5-6,9-17,19,21,26,46H2,(H2,48,55)(H2,47,53,54). The van der Waals surface area contributed by atoms with E-state index in [-0.39, 0.29) is 23.6 Å². The number of piperazine rings is 2. The van der Waals surface area contributed by atoms with Crippen molar-refractivity contribution < 1.29 is 14.0 Å². The Morgan fingerprint density at radius 1 is 0.781 bits per heavy atom. The highest BCUT2D eigenvalue weighted by Gasteiger charge is 2.28. The SMILES string of the molecule is NCc1cnc(N2CCN(C(=O)CCCN3CCN(c4ncc(C(=O)C5CCc6cc(Cn7nc(-c8ccc9oc(N)nc9c8)c8c(N)ncnc87)ccc6C5)cn4)CC3)CC2)nc1. The minimum atomic E-state index is -0.142. The van der Waals surface area contributed by atoms with E-state index in [2.05, 4.69) is 67.8 Å². The average Bonchev–Trinajstić information content (AvgIpc) is 3.91. The zero-order valence-corrected chi connectivity index (χ0v) is 35.5. The first-order valence-electron chi connectivity index (χ1n) is 21.9. The molecular formula is C45H50N16O3. The van der Waals surface area contributed by atoms with Gasteiger partial charge in [0.15, 0.2) is 17.0 Å². The molecule has 2 fully saturated rings. The maximum absolute atomic E-state index is 13.7. The Morgan fingerprint density at radius 3 is 2.27 bits per heavy atom. The van der Waals surface area contributed by atoms with E-state index >= 15 is 0 Å². The number of Topliss-reactive ketones (excluding diaryl/α,β-unsaturated/α-hetero) is 1. The summed E-state index contributed by atoms with van der Waals surface area (Å²) < 4.78 is 7.31. The molecule has 7 aromatic rings. The molecule has 7 heterocycles. The molecule has 19 heteroatoms. The smallest absolute Gasteiger partial charge is 0.292 e. The lowest BCUT2D eigenvalue weighted by Crippen LogP contribution is -2.49. The molecular weight excluding hydrogens is 813 g/mol. The van der Waals surface area contributed by atoms with Crippen molar-refractivity contribution in [2.75, 3.05) is 80.2 Å². The topological polar surface area (TPSA) is 246 Å². The normalized spacial score (nSPS) is 17.0. The zero-order chi connectivity index (χ0) is 43.7. The van der Waals surface area contributed by atoms with Gasteiger partial charge in [-0.1, -0.05) is 18.2 Å². The molecule has 1 aliphatic carbocycles. The number of hydrogen-bond acceptors (Lipinski definition) is 17. The van der Waals surface area contributed by atoms with Crippen molar-refractivity contribution in [3.05, 3.63) is 95.3 Å². The number of benzene rings is 2. The monoisotopic (exact) mass is 862 g/mol. The summed E-state index contributed by atoms with van der Waals surface area (Å²) >= 11 is 0. The number of ketones is 1. The molecule has 1 amide bonds. The van der Waals surface area contributed by atoms with Gasteiger partial charge in [0, 0.05) is 107 Å². The second kappa shape index (κ2) is 17.6. The van der Waals surface area contributed by atoms with Gasteiger partial charge in [-0.15, -0.1) is 0 Å². The molecule has 5 aromatic heterocycles. The number of oxazole rings is 1. The molecule has 0 saturated carbocycles. The van der Waals surface area contributed by atoms with Crippen molar-refractivity contribution in [3.8, 4) is 11.3 Å². The molecule has 19 nitrogen and oxygen atoms in total. The van der Waals surface area contributed by atoms with Gasteiger partial charge in [-0.05, 0) is 67.1 Å². The van der Waals surface area contributed by atoms with E-state index in [1.807, 2.05) is 27.8 Å². The predicted molar refractivity (Wildman–Crippen MR) is 241 cm³/mol. The summed E-state index contributed by atoms with van der Waals surface area (Å²) in [4.78, 5) is 66.6. The van der Waals surface area contributed by atoms with Crippen LogP contribution in [-0.4, -0.2) is 125 Å². The van der Waals surface area contributed by atoms with Gasteiger partial charge in [-0.2, -0.15) is 10.1 Å². The van der Waals surface area contributed by atoms with Gasteiger partial charge < -0.3 is 36.3 Å². The number of aryl methyl sites for hydroxylation is 1. The van der Waals surface area contributed by atoms with Crippen molar-refractivity contribution in [1.82, 2.24) is 54.5 Å². The second-order valence-corrected chi connectivity index (χ2v) is 16.8. The van der Waals surface area contributed by atoms with Crippen LogP contribution >= 0.6 is 0 Å². The highest BCUT2D eigenvalue weighted by Crippen LogP contribution is 2.34. The molecule has 0 bridgehead atoms. The summed E-state index contributed by atoms with van der Waals surface area (Å²) in [5.74, 6) is 1.80. The van der Waals surface area contributed by atoms with Gasteiger partial charge in [-0.3, -0.25) is 14.5 Å². The third-order valence-electron chi connectivity index (χ3n) is 12.7. The lowest BCUT2D eigenvalue weighted by Gasteiger charge is -2.36. The molecule has 1 atom stereocenters. The van der Waals surface area contributed by atoms with Crippen molar-refractivity contribution in [1.29, 1.82) is 0 Å². The lowest BCUT2D eigenvalue weighted by atomic mass is 9.80. The molecule has 1 unspecified atom stereocenters. The van der Waals surface area contributed by atoms with E-state index < -0.39 is 0 Å². The van der Waals surface area contributed by atoms with Gasteiger partial charge >= 0.3 is 0 Å². The van der Waals surface area contributed by atoms with Crippen LogP contribution in [0.4, 0.5) is 23.7 Å². The summed E-state index contributed by atoms with van der Waals surface area (Å²) in [7, 11) is 0. The second-order valence-electron chi connectivity index (χ2n) is 16.8. The first-order chi connectivity index (χ1) is 31.3. The predicted octanol–water partition coefficient (Wildman–Crippen LogP) is 3.12. The number of amides is 1. The fraction of sp³-hybridized carbons (Fsp3) is 0.378. The van der Waals surface area contributed by atoms with E-state index in [1.165, 1.54) is 17.5 Å². The number of hydrogen-bond donors (Lipinski definition) is 3. The molecule has 64 heavy (non-hydrogen) atoms. The highest BCUT2D eigenvalue weighted by atomic mass is 16.4. The molecule has 10 rings (SSSR count). The highest BCUT2D eigenvalue weighted by molar-refractivity contribution is 6.00. The van der Waals surface area contributed by atoms with Crippen LogP contribution in [0.1, 0.15) is 51.9 Å². The number of fused-ring (bicyclic) bond motifs is 3. The Bertz CT molecular complexity index is 2810. The van der Waals surface area contributed by atoms with Crippen molar-refractivity contribution in [3.63, 3.8) is 0 Å². The Labute approximate surface area is 368 Å². The van der Waals surface area contributed by atoms with Crippen LogP contribution in [0.5, 0.6) is 0 Å². The molecule has 0 spiro atoms. The van der Waals surface area contributed by atoms with Crippen LogP contribution in [0.15, 0.2) is 71.9 Å². The number of carbonyl (C=O) groups is 2. The number of nitrogen functional groups attached to an aromatic ring is 2. The van der Waals surface area contributed by atoms with Crippen LogP contribution in [0.2, 0.25) is 0 Å². The Balaban J connectivity index is 0.694. The van der Waals surface area contributed by atoms with Crippen LogP contribution in [0.3, 0.4) is 0 Å². The van der Waals surface area contributed by atoms with E-state index in [1.54, 1.807) is 24.8 Å². The maximum Gasteiger partial charge on any atom is 0.292 e. The van der Waals surface area contributed by atoms with Crippen molar-refractivity contribution in [2.45, 2.75) is 45.2 Å². The van der Waals surface area contributed by atoms with Crippen LogP contribution in [0.25, 0.3) is 33.4 Å². The number of nitrogens with zero attached hydrogens (tertiary/aromatic N) is 13. The molecule has 2 aromatic carbocycles. The first-order valence-corrected chi connectivity index (χ1v) is 21.9. The molecule has 6 N–H and O–H groups in total. The van der Waals surface area contributed by atoms with Gasteiger partial charge in [0.25, 0.3) is 6.01 Å². The molecule has 2 aliphatic heterocycles. The maximum atomic E-state index is 13.7.